The number of fused-ring (bicyclic) bond motifs is 2. The summed E-state index contributed by atoms with van der Waals surface area (Å²) in [5.74, 6) is 1.49. The van der Waals surface area contributed by atoms with Gasteiger partial charge in [0.1, 0.15) is 30.4 Å². The Bertz CT molecular complexity index is 1020. The molecule has 0 spiro atoms. The SMILES string of the molecule is CC1COC/C(=C\Nc2ccc3c(c2)N(C(=O)[C@H]2CCCCO2)Cc2cccnc2N3)O1. The molecule has 0 radical (unpaired) electrons. The molecule has 2 saturated heterocycles. The van der Waals surface area contributed by atoms with Crippen molar-refractivity contribution in [2.75, 3.05) is 35.4 Å². The minimum absolute atomic E-state index is 0.0159. The number of benzene rings is 1. The Hall–Kier alpha value is -3.10. The molecule has 1 unspecified atom stereocenters. The minimum atomic E-state index is -0.414. The first-order valence-corrected chi connectivity index (χ1v) is 11.2. The number of aromatic nitrogens is 1. The molecule has 1 amide bonds. The maximum absolute atomic E-state index is 13.5. The zero-order valence-corrected chi connectivity index (χ0v) is 18.2. The van der Waals surface area contributed by atoms with Gasteiger partial charge in [0, 0.05) is 30.3 Å². The molecule has 1 aromatic carbocycles. The average Bonchev–Trinajstić information content (AvgIpc) is 2.99. The second kappa shape index (κ2) is 9.18. The number of pyridine rings is 1. The number of nitrogens with one attached hydrogen (secondary N) is 2. The number of carbonyl (C=O) groups excluding carboxylic acids is 1. The minimum Gasteiger partial charge on any atom is -0.489 e. The fourth-order valence-electron chi connectivity index (χ4n) is 4.21. The van der Waals surface area contributed by atoms with Gasteiger partial charge in [0.05, 0.1) is 24.5 Å². The Labute approximate surface area is 187 Å². The van der Waals surface area contributed by atoms with Gasteiger partial charge >= 0.3 is 0 Å². The Kier molecular flexibility index (Phi) is 5.96. The van der Waals surface area contributed by atoms with Crippen molar-refractivity contribution in [2.24, 2.45) is 0 Å². The van der Waals surface area contributed by atoms with Crippen molar-refractivity contribution >= 4 is 28.8 Å². The lowest BCUT2D eigenvalue weighted by molar-refractivity contribution is -0.132. The third kappa shape index (κ3) is 4.42. The summed E-state index contributed by atoms with van der Waals surface area (Å²) in [5.41, 5.74) is 3.43. The number of nitrogens with zero attached hydrogens (tertiary/aromatic N) is 2. The lowest BCUT2D eigenvalue weighted by Crippen LogP contribution is -2.41. The molecule has 2 atom stereocenters. The van der Waals surface area contributed by atoms with Crippen LogP contribution in [0, 0.1) is 0 Å². The van der Waals surface area contributed by atoms with E-state index in [2.05, 4.69) is 15.6 Å². The summed E-state index contributed by atoms with van der Waals surface area (Å²) in [4.78, 5) is 19.8. The summed E-state index contributed by atoms with van der Waals surface area (Å²) in [6.45, 7) is 4.07. The fourth-order valence-corrected chi connectivity index (χ4v) is 4.21. The molecule has 0 aliphatic carbocycles. The quantitative estimate of drug-likeness (QED) is 0.754. The standard InChI is InChI=1S/C24H28N4O4/c1-16-14-30-15-19(32-16)12-26-18-7-8-20-21(11-18)28(24(29)22-6-2-3-10-31-22)13-17-5-4-9-25-23(17)27-20/h4-5,7-9,11-12,16,22,26H,2-3,6,10,13-15H2,1H3,(H,25,27)/b19-12+/t16?,22-/m1/s1. The molecule has 3 aliphatic rings. The Morgan fingerprint density at radius 1 is 1.31 bits per heavy atom. The van der Waals surface area contributed by atoms with Gasteiger partial charge in [-0.2, -0.15) is 0 Å². The van der Waals surface area contributed by atoms with Gasteiger partial charge in [-0.15, -0.1) is 0 Å². The van der Waals surface area contributed by atoms with Gasteiger partial charge in [0.2, 0.25) is 0 Å². The Morgan fingerprint density at radius 3 is 3.09 bits per heavy atom. The zero-order valence-electron chi connectivity index (χ0n) is 18.2. The summed E-state index contributed by atoms with van der Waals surface area (Å²) < 4.78 is 17.1. The summed E-state index contributed by atoms with van der Waals surface area (Å²) >= 11 is 0. The third-order valence-corrected chi connectivity index (χ3v) is 5.83. The highest BCUT2D eigenvalue weighted by Crippen LogP contribution is 2.37. The van der Waals surface area contributed by atoms with E-state index in [4.69, 9.17) is 14.2 Å². The van der Waals surface area contributed by atoms with E-state index in [1.165, 1.54) is 0 Å². The number of hydrogen-bond donors (Lipinski definition) is 2. The fraction of sp³-hybridized carbons (Fsp3) is 0.417. The van der Waals surface area contributed by atoms with Crippen LogP contribution in [-0.4, -0.2) is 42.9 Å². The molecule has 8 heteroatoms. The highest BCUT2D eigenvalue weighted by atomic mass is 16.6. The lowest BCUT2D eigenvalue weighted by atomic mass is 10.1. The molecular formula is C24H28N4O4. The van der Waals surface area contributed by atoms with Crippen LogP contribution >= 0.6 is 0 Å². The van der Waals surface area contributed by atoms with E-state index < -0.39 is 6.10 Å². The Morgan fingerprint density at radius 2 is 2.25 bits per heavy atom. The highest BCUT2D eigenvalue weighted by molar-refractivity contribution is 6.01. The van der Waals surface area contributed by atoms with Gasteiger partial charge in [-0.3, -0.25) is 4.79 Å². The Balaban J connectivity index is 1.46. The molecule has 4 heterocycles. The second-order valence-corrected chi connectivity index (χ2v) is 8.35. The summed E-state index contributed by atoms with van der Waals surface area (Å²) in [6, 6.07) is 9.78. The predicted octanol–water partition coefficient (Wildman–Crippen LogP) is 3.93. The maximum atomic E-state index is 13.5. The van der Waals surface area contributed by atoms with E-state index >= 15 is 0 Å². The van der Waals surface area contributed by atoms with Crippen molar-refractivity contribution in [1.82, 2.24) is 4.98 Å². The number of rotatable bonds is 3. The van der Waals surface area contributed by atoms with E-state index in [-0.39, 0.29) is 12.0 Å². The van der Waals surface area contributed by atoms with Crippen molar-refractivity contribution < 1.29 is 19.0 Å². The van der Waals surface area contributed by atoms with Crippen LogP contribution < -0.4 is 15.5 Å². The van der Waals surface area contributed by atoms with Crippen LogP contribution in [0.4, 0.5) is 22.9 Å². The maximum Gasteiger partial charge on any atom is 0.256 e. The molecule has 2 aromatic rings. The smallest absolute Gasteiger partial charge is 0.256 e. The largest absolute Gasteiger partial charge is 0.489 e. The number of ether oxygens (including phenoxy) is 3. The average molecular weight is 437 g/mol. The van der Waals surface area contributed by atoms with Gasteiger partial charge in [0.15, 0.2) is 0 Å². The van der Waals surface area contributed by atoms with Crippen LogP contribution in [0.25, 0.3) is 0 Å². The van der Waals surface area contributed by atoms with Crippen molar-refractivity contribution in [1.29, 1.82) is 0 Å². The van der Waals surface area contributed by atoms with Crippen LogP contribution in [0.15, 0.2) is 48.5 Å². The van der Waals surface area contributed by atoms with E-state index in [1.807, 2.05) is 48.4 Å². The van der Waals surface area contributed by atoms with E-state index in [0.717, 1.165) is 53.5 Å². The first-order chi connectivity index (χ1) is 15.7. The zero-order chi connectivity index (χ0) is 21.9. The van der Waals surface area contributed by atoms with Crippen molar-refractivity contribution in [2.45, 2.75) is 44.9 Å². The monoisotopic (exact) mass is 436 g/mol. The third-order valence-electron chi connectivity index (χ3n) is 5.83. The van der Waals surface area contributed by atoms with Gasteiger partial charge in [0.25, 0.3) is 5.91 Å². The van der Waals surface area contributed by atoms with Crippen molar-refractivity contribution in [3.63, 3.8) is 0 Å². The molecule has 3 aliphatic heterocycles. The number of hydrogen-bond acceptors (Lipinski definition) is 7. The predicted molar refractivity (Wildman–Crippen MR) is 122 cm³/mol. The van der Waals surface area contributed by atoms with Gasteiger partial charge < -0.3 is 29.7 Å². The van der Waals surface area contributed by atoms with Crippen LogP contribution in [0.5, 0.6) is 0 Å². The second-order valence-electron chi connectivity index (χ2n) is 8.35. The summed E-state index contributed by atoms with van der Waals surface area (Å²) in [6.07, 6.45) is 5.93. The molecule has 0 bridgehead atoms. The molecule has 168 valence electrons. The van der Waals surface area contributed by atoms with Crippen LogP contribution in [0.2, 0.25) is 0 Å². The van der Waals surface area contributed by atoms with Gasteiger partial charge in [-0.05, 0) is 50.5 Å². The lowest BCUT2D eigenvalue weighted by Gasteiger charge is -2.29. The van der Waals surface area contributed by atoms with Crippen LogP contribution in [-0.2, 0) is 25.5 Å². The first-order valence-electron chi connectivity index (χ1n) is 11.2. The van der Waals surface area contributed by atoms with Crippen LogP contribution in [0.3, 0.4) is 0 Å². The molecule has 0 saturated carbocycles. The number of carbonyl (C=O) groups is 1. The number of amides is 1. The molecule has 1 aromatic heterocycles. The first kappa shape index (κ1) is 20.8. The van der Waals surface area contributed by atoms with Crippen LogP contribution in [0.1, 0.15) is 31.7 Å². The van der Waals surface area contributed by atoms with E-state index in [1.54, 1.807) is 6.20 Å². The normalized spacial score (nSPS) is 23.9. The topological polar surface area (TPSA) is 85.0 Å². The molecule has 32 heavy (non-hydrogen) atoms. The summed E-state index contributed by atoms with van der Waals surface area (Å²) in [5, 5.41) is 6.68. The van der Waals surface area contributed by atoms with Gasteiger partial charge in [-0.1, -0.05) is 6.07 Å². The van der Waals surface area contributed by atoms with E-state index in [9.17, 15) is 4.79 Å². The number of anilines is 4. The van der Waals surface area contributed by atoms with Crippen molar-refractivity contribution in [3.05, 3.63) is 54.1 Å². The van der Waals surface area contributed by atoms with Crippen molar-refractivity contribution in [3.8, 4) is 0 Å². The summed E-state index contributed by atoms with van der Waals surface area (Å²) in [7, 11) is 0. The highest BCUT2D eigenvalue weighted by Gasteiger charge is 2.31. The molecule has 2 fully saturated rings. The molecular weight excluding hydrogens is 408 g/mol. The van der Waals surface area contributed by atoms with Gasteiger partial charge in [-0.25, -0.2) is 4.98 Å². The molecule has 5 rings (SSSR count). The molecule has 2 N–H and O–H groups in total. The van der Waals surface area contributed by atoms with E-state index in [0.29, 0.717) is 26.4 Å². The molecule has 8 nitrogen and oxygen atoms in total.